The van der Waals surface area contributed by atoms with Gasteiger partial charge in [-0.1, -0.05) is 54.5 Å². The molecule has 3 heteroatoms. The van der Waals surface area contributed by atoms with E-state index in [2.05, 4.69) is 47.2 Å². The Morgan fingerprint density at radius 2 is 1.88 bits per heavy atom. The number of terminal acetylenes is 1. The van der Waals surface area contributed by atoms with Gasteiger partial charge in [0, 0.05) is 31.8 Å². The maximum Gasteiger partial charge on any atom is 0.148 e. The first-order chi connectivity index (χ1) is 12.3. The summed E-state index contributed by atoms with van der Waals surface area (Å²) in [6.07, 6.45) is 7.96. The molecular formula is C22H25NO2. The van der Waals surface area contributed by atoms with Crippen LogP contribution in [0.3, 0.4) is 0 Å². The van der Waals surface area contributed by atoms with E-state index in [-0.39, 0.29) is 0 Å². The molecule has 1 saturated heterocycles. The van der Waals surface area contributed by atoms with Crippen LogP contribution >= 0.6 is 0 Å². The molecule has 3 nitrogen and oxygen atoms in total. The van der Waals surface area contributed by atoms with E-state index < -0.39 is 0 Å². The molecule has 2 aromatic rings. The van der Waals surface area contributed by atoms with Gasteiger partial charge in [0.25, 0.3) is 0 Å². The fraction of sp³-hybridized carbons (Fsp3) is 0.364. The first kappa shape index (κ1) is 17.5. The molecule has 0 spiro atoms. The molecule has 0 unspecified atom stereocenters. The van der Waals surface area contributed by atoms with Crippen LogP contribution in [0.5, 0.6) is 5.75 Å². The van der Waals surface area contributed by atoms with Gasteiger partial charge in [-0.2, -0.15) is 0 Å². The molecule has 1 aliphatic rings. The van der Waals surface area contributed by atoms with Crippen LogP contribution in [-0.4, -0.2) is 30.8 Å². The Kier molecular flexibility index (Phi) is 6.50. The lowest BCUT2D eigenvalue weighted by Crippen LogP contribution is -2.31. The maximum atomic E-state index is 5.85. The number of benzene rings is 2. The van der Waals surface area contributed by atoms with Gasteiger partial charge >= 0.3 is 0 Å². The highest BCUT2D eigenvalue weighted by atomic mass is 16.5. The molecule has 0 aromatic heterocycles. The van der Waals surface area contributed by atoms with Crippen molar-refractivity contribution in [3.63, 3.8) is 0 Å². The second-order valence-corrected chi connectivity index (χ2v) is 6.39. The van der Waals surface area contributed by atoms with Crippen molar-refractivity contribution in [2.75, 3.05) is 19.8 Å². The van der Waals surface area contributed by atoms with E-state index >= 15 is 0 Å². The molecule has 3 rings (SSSR count). The average Bonchev–Trinajstić information content (AvgIpc) is 3.15. The molecule has 0 saturated carbocycles. The molecule has 0 N–H and O–H groups in total. The lowest BCUT2D eigenvalue weighted by atomic mass is 10.1. The summed E-state index contributed by atoms with van der Waals surface area (Å²) < 4.78 is 11.6. The average molecular weight is 335 g/mol. The molecule has 0 amide bonds. The second-order valence-electron chi connectivity index (χ2n) is 6.39. The number of ether oxygens (including phenoxy) is 2. The molecule has 25 heavy (non-hydrogen) atoms. The smallest absolute Gasteiger partial charge is 0.148 e. The van der Waals surface area contributed by atoms with Gasteiger partial charge in [0.15, 0.2) is 0 Å². The van der Waals surface area contributed by atoms with Gasteiger partial charge in [-0.3, -0.25) is 4.90 Å². The minimum atomic E-state index is 0.293. The van der Waals surface area contributed by atoms with Crippen molar-refractivity contribution >= 4 is 0 Å². The fourth-order valence-electron chi connectivity index (χ4n) is 3.24. The number of para-hydroxylation sites is 1. The summed E-state index contributed by atoms with van der Waals surface area (Å²) in [5.74, 6) is 3.41. The standard InChI is InChI=1S/C22H25NO2/c1-2-14-25-22-13-7-6-11-20(22)17-23(18-21-12-8-15-24-21)16-19-9-4-3-5-10-19/h1,3-7,9-11,13,21H,8,12,14-18H2/t21-/m0/s1. The van der Waals surface area contributed by atoms with Crippen molar-refractivity contribution in [3.05, 3.63) is 65.7 Å². The third-order valence-corrected chi connectivity index (χ3v) is 4.41. The van der Waals surface area contributed by atoms with E-state index in [1.807, 2.05) is 18.2 Å². The highest BCUT2D eigenvalue weighted by Crippen LogP contribution is 2.22. The van der Waals surface area contributed by atoms with Gasteiger partial charge in [0.1, 0.15) is 12.4 Å². The molecule has 0 radical (unpaired) electrons. The van der Waals surface area contributed by atoms with Crippen LogP contribution in [0.25, 0.3) is 0 Å². The van der Waals surface area contributed by atoms with Crippen molar-refractivity contribution in [3.8, 4) is 18.1 Å². The monoisotopic (exact) mass is 335 g/mol. The van der Waals surface area contributed by atoms with Gasteiger partial charge < -0.3 is 9.47 Å². The van der Waals surface area contributed by atoms with Crippen molar-refractivity contribution < 1.29 is 9.47 Å². The first-order valence-corrected chi connectivity index (χ1v) is 8.87. The van der Waals surface area contributed by atoms with Crippen molar-refractivity contribution in [2.45, 2.75) is 32.0 Å². The zero-order chi connectivity index (χ0) is 17.3. The summed E-state index contributed by atoms with van der Waals surface area (Å²) in [5, 5.41) is 0. The molecule has 1 atom stereocenters. The molecule has 2 aromatic carbocycles. The Morgan fingerprint density at radius 3 is 2.64 bits per heavy atom. The minimum Gasteiger partial charge on any atom is -0.481 e. The van der Waals surface area contributed by atoms with Crippen LogP contribution in [0.1, 0.15) is 24.0 Å². The summed E-state index contributed by atoms with van der Waals surface area (Å²) in [5.41, 5.74) is 2.47. The Hall–Kier alpha value is -2.28. The Labute approximate surface area is 150 Å². The topological polar surface area (TPSA) is 21.7 Å². The Balaban J connectivity index is 1.73. The summed E-state index contributed by atoms with van der Waals surface area (Å²) in [4.78, 5) is 2.43. The summed E-state index contributed by atoms with van der Waals surface area (Å²) >= 11 is 0. The molecule has 0 bridgehead atoms. The third kappa shape index (κ3) is 5.35. The zero-order valence-electron chi connectivity index (χ0n) is 14.6. The second kappa shape index (κ2) is 9.27. The molecule has 0 aliphatic carbocycles. The molecule has 1 fully saturated rings. The van der Waals surface area contributed by atoms with Gasteiger partial charge in [-0.15, -0.1) is 6.42 Å². The Morgan fingerprint density at radius 1 is 1.08 bits per heavy atom. The van der Waals surface area contributed by atoms with Crippen molar-refractivity contribution in [1.29, 1.82) is 0 Å². The van der Waals surface area contributed by atoms with Crippen LogP contribution in [-0.2, 0) is 17.8 Å². The fourth-order valence-corrected chi connectivity index (χ4v) is 3.24. The summed E-state index contributed by atoms with van der Waals surface area (Å²) in [6.45, 7) is 3.81. The zero-order valence-corrected chi connectivity index (χ0v) is 14.6. The van der Waals surface area contributed by atoms with Gasteiger partial charge in [0.05, 0.1) is 6.10 Å². The number of hydrogen-bond acceptors (Lipinski definition) is 3. The third-order valence-electron chi connectivity index (χ3n) is 4.41. The van der Waals surface area contributed by atoms with E-state index in [0.29, 0.717) is 12.7 Å². The molecular weight excluding hydrogens is 310 g/mol. The molecule has 1 heterocycles. The van der Waals surface area contributed by atoms with Crippen LogP contribution in [0.2, 0.25) is 0 Å². The first-order valence-electron chi connectivity index (χ1n) is 8.87. The van der Waals surface area contributed by atoms with Crippen molar-refractivity contribution in [2.24, 2.45) is 0 Å². The van der Waals surface area contributed by atoms with E-state index in [1.54, 1.807) is 0 Å². The van der Waals surface area contributed by atoms with Crippen LogP contribution in [0.4, 0.5) is 0 Å². The van der Waals surface area contributed by atoms with Crippen molar-refractivity contribution in [1.82, 2.24) is 4.90 Å². The number of hydrogen-bond donors (Lipinski definition) is 0. The number of nitrogens with zero attached hydrogens (tertiary/aromatic N) is 1. The molecule has 130 valence electrons. The highest BCUT2D eigenvalue weighted by molar-refractivity contribution is 5.33. The minimum absolute atomic E-state index is 0.293. The van der Waals surface area contributed by atoms with E-state index in [9.17, 15) is 0 Å². The number of rotatable bonds is 8. The largest absolute Gasteiger partial charge is 0.481 e. The van der Waals surface area contributed by atoms with Gasteiger partial charge in [-0.05, 0) is 24.5 Å². The van der Waals surface area contributed by atoms with E-state index in [4.69, 9.17) is 15.9 Å². The van der Waals surface area contributed by atoms with Crippen LogP contribution < -0.4 is 4.74 Å². The van der Waals surface area contributed by atoms with E-state index in [0.717, 1.165) is 50.4 Å². The van der Waals surface area contributed by atoms with E-state index in [1.165, 1.54) is 5.56 Å². The summed E-state index contributed by atoms with van der Waals surface area (Å²) in [7, 11) is 0. The van der Waals surface area contributed by atoms with Gasteiger partial charge in [-0.25, -0.2) is 0 Å². The normalized spacial score (nSPS) is 16.7. The predicted octanol–water partition coefficient (Wildman–Crippen LogP) is 3.88. The lowest BCUT2D eigenvalue weighted by Gasteiger charge is -2.26. The van der Waals surface area contributed by atoms with Crippen LogP contribution in [0.15, 0.2) is 54.6 Å². The lowest BCUT2D eigenvalue weighted by molar-refractivity contribution is 0.0676. The molecule has 1 aliphatic heterocycles. The predicted molar refractivity (Wildman–Crippen MR) is 100 cm³/mol. The maximum absolute atomic E-state index is 5.85. The van der Waals surface area contributed by atoms with Crippen LogP contribution in [0, 0.1) is 12.3 Å². The highest BCUT2D eigenvalue weighted by Gasteiger charge is 2.20. The summed E-state index contributed by atoms with van der Waals surface area (Å²) in [6, 6.07) is 18.7. The Bertz CT molecular complexity index is 687. The SMILES string of the molecule is C#CCOc1ccccc1CN(Cc1ccccc1)C[C@@H]1CCCO1. The van der Waals surface area contributed by atoms with Gasteiger partial charge in [0.2, 0.25) is 0 Å². The quantitative estimate of drug-likeness (QED) is 0.683.